The van der Waals surface area contributed by atoms with Gasteiger partial charge in [-0.25, -0.2) is 4.79 Å². The molecule has 3 unspecified atom stereocenters. The fourth-order valence-corrected chi connectivity index (χ4v) is 9.84. The van der Waals surface area contributed by atoms with Crippen LogP contribution in [0.15, 0.2) is 46.9 Å². The van der Waals surface area contributed by atoms with Crippen molar-refractivity contribution in [3.63, 3.8) is 0 Å². The SMILES string of the molecule is CCC(=O)N[C@@H](CSCC(COC(=O)CC)OC(=O)CC)C(=O)CCCNC(=O)C(CSC1CC(=O)N(NC(=O)c2ccc(-c3c4ccc(=N)c(C)c-4oc4c(C)c(N)ccc34)c(C(=O)O)c2)C1=O)NC(C)=O. The molecule has 3 aliphatic rings. The summed E-state index contributed by atoms with van der Waals surface area (Å²) in [5, 5.41) is 26.9. The van der Waals surface area contributed by atoms with Crippen LogP contribution in [0, 0.1) is 19.3 Å². The first-order valence-corrected chi connectivity index (χ1v) is 25.7. The van der Waals surface area contributed by atoms with Gasteiger partial charge in [-0.3, -0.25) is 48.6 Å². The van der Waals surface area contributed by atoms with Crippen molar-refractivity contribution in [3.05, 3.63) is 70.1 Å². The Morgan fingerprint density at radius 1 is 0.890 bits per heavy atom. The first-order valence-electron chi connectivity index (χ1n) is 23.5. The maximum Gasteiger partial charge on any atom is 0.336 e. The topological polar surface area (TPSA) is 324 Å². The van der Waals surface area contributed by atoms with E-state index in [2.05, 4.69) is 21.4 Å². The largest absolute Gasteiger partial charge is 0.478 e. The molecule has 73 heavy (non-hydrogen) atoms. The van der Waals surface area contributed by atoms with Crippen molar-refractivity contribution < 1.29 is 66.9 Å². The van der Waals surface area contributed by atoms with Crippen molar-refractivity contribution in [2.75, 3.05) is 36.1 Å². The van der Waals surface area contributed by atoms with E-state index in [0.717, 1.165) is 17.8 Å². The standard InChI is InChI=1S/C50H59N7O14S2/c1-7-40(60)55-36(23-72-22-29(70-43(63)9-3)21-69-42(62)8-2)38(59)11-10-18-53-48(65)37(54-27(6)58)24-73-39-20-41(61)57(49(39)66)56-47(64)28-12-13-30(33(19-28)50(67)68)44-31-14-16-34(51)25(4)45(31)71-46-26(5)35(52)17-15-32(44)46/h12-17,19,29,36-37,39,51H,7-11,18,20-24,52H2,1-6H3,(H,53,65)(H,54,58)(H,55,60)(H,56,64)(H,67,68)/t29?,36-,37?,39?/m0/s1. The number of fused-ring (bicyclic) bond motifs is 2. The normalized spacial score (nSPS) is 14.5. The minimum atomic E-state index is -1.38. The van der Waals surface area contributed by atoms with E-state index in [0.29, 0.717) is 49.7 Å². The number of imide groups is 1. The minimum Gasteiger partial charge on any atom is -0.478 e. The number of aryl methyl sites for hydroxylation is 1. The van der Waals surface area contributed by atoms with Crippen molar-refractivity contribution in [1.82, 2.24) is 26.4 Å². The van der Waals surface area contributed by atoms with E-state index in [9.17, 15) is 53.1 Å². The number of carbonyl (C=O) groups excluding carboxylic acids is 9. The van der Waals surface area contributed by atoms with Crippen molar-refractivity contribution in [2.45, 2.75) is 104 Å². The molecule has 4 atom stereocenters. The van der Waals surface area contributed by atoms with E-state index in [1.807, 2.05) is 0 Å². The zero-order valence-electron chi connectivity index (χ0n) is 41.2. The molecule has 2 heterocycles. The predicted octanol–water partition coefficient (Wildman–Crippen LogP) is 3.96. The average molecular weight is 1050 g/mol. The molecule has 6 amide bonds. The van der Waals surface area contributed by atoms with E-state index in [1.165, 1.54) is 30.8 Å². The molecular weight excluding hydrogens is 987 g/mol. The van der Waals surface area contributed by atoms with Gasteiger partial charge in [-0.05, 0) is 62.2 Å². The zero-order chi connectivity index (χ0) is 53.7. The van der Waals surface area contributed by atoms with Gasteiger partial charge in [-0.15, -0.1) is 11.8 Å². The number of hydrogen-bond donors (Lipinski definition) is 7. The van der Waals surface area contributed by atoms with Crippen LogP contribution in [0.25, 0.3) is 33.4 Å². The van der Waals surface area contributed by atoms with Gasteiger partial charge in [0.1, 0.15) is 30.1 Å². The number of carboxylic acid groups (broad SMARTS) is 1. The molecule has 0 bridgehead atoms. The van der Waals surface area contributed by atoms with Gasteiger partial charge < -0.3 is 46.1 Å². The summed E-state index contributed by atoms with van der Waals surface area (Å²) in [6.07, 6.45) is -0.685. The lowest BCUT2D eigenvalue weighted by atomic mass is 9.88. The third kappa shape index (κ3) is 14.5. The number of nitrogen functional groups attached to an aromatic ring is 1. The maximum atomic E-state index is 13.6. The smallest absolute Gasteiger partial charge is 0.336 e. The molecule has 2 aromatic rings. The summed E-state index contributed by atoms with van der Waals surface area (Å²) in [7, 11) is 0. The van der Waals surface area contributed by atoms with Crippen LogP contribution in [-0.2, 0) is 47.8 Å². The number of benzene rings is 3. The van der Waals surface area contributed by atoms with Crippen LogP contribution in [0.4, 0.5) is 5.69 Å². The Hall–Kier alpha value is -7.27. The highest BCUT2D eigenvalue weighted by atomic mass is 32.2. The summed E-state index contributed by atoms with van der Waals surface area (Å²) in [5.41, 5.74) is 11.1. The number of anilines is 1. The lowest BCUT2D eigenvalue weighted by Gasteiger charge is -2.21. The molecule has 23 heteroatoms. The van der Waals surface area contributed by atoms with Crippen molar-refractivity contribution >= 4 is 99.3 Å². The Balaban J connectivity index is 1.20. The number of nitrogens with one attached hydrogen (secondary N) is 5. The first kappa shape index (κ1) is 56.6. The van der Waals surface area contributed by atoms with Gasteiger partial charge in [0.15, 0.2) is 5.78 Å². The van der Waals surface area contributed by atoms with Gasteiger partial charge >= 0.3 is 17.9 Å². The van der Waals surface area contributed by atoms with Gasteiger partial charge in [0.05, 0.1) is 22.2 Å². The van der Waals surface area contributed by atoms with Crippen LogP contribution in [0.3, 0.4) is 0 Å². The number of carboxylic acids is 1. The molecule has 21 nitrogen and oxygen atoms in total. The number of ether oxygens (including phenoxy) is 2. The fourth-order valence-electron chi connectivity index (χ4n) is 7.61. The van der Waals surface area contributed by atoms with Crippen LogP contribution >= 0.6 is 23.5 Å². The van der Waals surface area contributed by atoms with Crippen LogP contribution in [0.5, 0.6) is 0 Å². The van der Waals surface area contributed by atoms with Crippen LogP contribution in [-0.4, -0.2) is 123 Å². The second-order valence-electron chi connectivity index (χ2n) is 17.0. The minimum absolute atomic E-state index is 0.00830. The Morgan fingerprint density at radius 3 is 2.27 bits per heavy atom. The Kier molecular flexibility index (Phi) is 20.1. The fraction of sp³-hybridized carbons (Fsp3) is 0.420. The summed E-state index contributed by atoms with van der Waals surface area (Å²) in [4.78, 5) is 128. The number of carbonyl (C=O) groups is 10. The van der Waals surface area contributed by atoms with E-state index in [1.54, 1.807) is 58.9 Å². The van der Waals surface area contributed by atoms with Gasteiger partial charge in [0, 0.05) is 102 Å². The summed E-state index contributed by atoms with van der Waals surface area (Å²) < 4.78 is 16.8. The second kappa shape index (κ2) is 25.9. The summed E-state index contributed by atoms with van der Waals surface area (Å²) in [6, 6.07) is 8.41. The Morgan fingerprint density at radius 2 is 1.60 bits per heavy atom. The molecule has 0 saturated carbocycles. The third-order valence-electron chi connectivity index (χ3n) is 11.7. The molecule has 0 aromatic heterocycles. The number of esters is 2. The Labute approximate surface area is 428 Å². The number of hydrogen-bond acceptors (Lipinski definition) is 17. The van der Waals surface area contributed by atoms with Gasteiger partial charge in [-0.1, -0.05) is 26.8 Å². The number of thioether (sulfide) groups is 2. The highest BCUT2D eigenvalue weighted by Gasteiger charge is 2.41. The molecule has 0 radical (unpaired) electrons. The number of Topliss-reactive ketones (excluding diaryl/α,β-unsaturated/α-hetero) is 1. The Bertz CT molecular complexity index is 2850. The van der Waals surface area contributed by atoms with E-state index < -0.39 is 70.9 Å². The van der Waals surface area contributed by atoms with Crippen LogP contribution < -0.4 is 32.5 Å². The number of nitrogens with two attached hydrogens (primary N) is 1. The van der Waals surface area contributed by atoms with Crippen molar-refractivity contribution in [2.24, 2.45) is 0 Å². The van der Waals surface area contributed by atoms with Gasteiger partial charge in [0.2, 0.25) is 23.6 Å². The molecule has 1 saturated heterocycles. The number of amides is 6. The molecular formula is C50H59N7O14S2. The number of hydrazine groups is 1. The summed E-state index contributed by atoms with van der Waals surface area (Å²) in [5.74, 6) is -6.30. The van der Waals surface area contributed by atoms with Crippen LogP contribution in [0.2, 0.25) is 0 Å². The highest BCUT2D eigenvalue weighted by Crippen LogP contribution is 2.44. The van der Waals surface area contributed by atoms with Gasteiger partial charge in [0.25, 0.3) is 11.8 Å². The maximum absolute atomic E-state index is 13.6. The molecule has 0 spiro atoms. The van der Waals surface area contributed by atoms with E-state index >= 15 is 0 Å². The number of aromatic carboxylic acids is 1. The van der Waals surface area contributed by atoms with Crippen LogP contribution in [0.1, 0.15) is 98.1 Å². The molecule has 8 N–H and O–H groups in total. The monoisotopic (exact) mass is 1050 g/mol. The number of rotatable bonds is 25. The molecule has 2 aromatic carbocycles. The van der Waals surface area contributed by atoms with E-state index in [-0.39, 0.29) is 103 Å². The summed E-state index contributed by atoms with van der Waals surface area (Å²) >= 11 is 2.12. The third-order valence-corrected chi connectivity index (χ3v) is 14.2. The highest BCUT2D eigenvalue weighted by molar-refractivity contribution is 8.00. The number of nitrogens with zero attached hydrogens (tertiary/aromatic N) is 1. The first-order chi connectivity index (χ1) is 34.7. The quantitative estimate of drug-likeness (QED) is 0.0162. The van der Waals surface area contributed by atoms with Gasteiger partial charge in [-0.2, -0.15) is 16.8 Å². The lowest BCUT2D eigenvalue weighted by Crippen LogP contribution is -2.49. The molecule has 2 aliphatic heterocycles. The lowest BCUT2D eigenvalue weighted by molar-refractivity contribution is -0.157. The molecule has 1 fully saturated rings. The number of ketones is 1. The second-order valence-corrected chi connectivity index (χ2v) is 19.3. The average Bonchev–Trinajstić information content (AvgIpc) is 3.63. The summed E-state index contributed by atoms with van der Waals surface area (Å²) in [6.45, 7) is 9.35. The van der Waals surface area contributed by atoms with Crippen molar-refractivity contribution in [1.29, 1.82) is 5.41 Å². The molecule has 1 aliphatic carbocycles. The van der Waals surface area contributed by atoms with Crippen molar-refractivity contribution in [3.8, 4) is 22.5 Å². The zero-order valence-corrected chi connectivity index (χ0v) is 42.9. The molecule has 5 rings (SSSR count). The van der Waals surface area contributed by atoms with E-state index in [4.69, 9.17) is 25.0 Å². The molecule has 390 valence electrons. The predicted molar refractivity (Wildman–Crippen MR) is 271 cm³/mol.